The smallest absolute Gasteiger partial charge is 0.125 e. The summed E-state index contributed by atoms with van der Waals surface area (Å²) in [5, 5.41) is 13.2. The predicted octanol–water partition coefficient (Wildman–Crippen LogP) is 5.51. The van der Waals surface area contributed by atoms with Crippen molar-refractivity contribution in [2.45, 2.75) is 40.7 Å². The fourth-order valence-corrected chi connectivity index (χ4v) is 3.41. The van der Waals surface area contributed by atoms with Crippen LogP contribution in [0.1, 0.15) is 46.5 Å². The third-order valence-electron chi connectivity index (χ3n) is 4.93. The number of ether oxygens (including phenoxy) is 1. The quantitative estimate of drug-likeness (QED) is 0.610. The maximum Gasteiger partial charge on any atom is 0.125 e. The van der Waals surface area contributed by atoms with Gasteiger partial charge in [0, 0.05) is 11.6 Å². The summed E-state index contributed by atoms with van der Waals surface area (Å²) in [7, 11) is 0. The first-order chi connectivity index (χ1) is 12.8. The number of benzene rings is 2. The first-order valence-corrected chi connectivity index (χ1v) is 9.20. The average molecular weight is 361 g/mol. The molecule has 0 amide bonds. The highest BCUT2D eigenvalue weighted by atomic mass is 16.5. The van der Waals surface area contributed by atoms with Gasteiger partial charge in [0.05, 0.1) is 5.69 Å². The van der Waals surface area contributed by atoms with Gasteiger partial charge in [-0.05, 0) is 97.7 Å². The normalized spacial score (nSPS) is 12.2. The summed E-state index contributed by atoms with van der Waals surface area (Å²) in [4.78, 5) is 4.50. The molecule has 1 unspecified atom stereocenters. The summed E-state index contributed by atoms with van der Waals surface area (Å²) in [6.07, 6.45) is 0.975. The van der Waals surface area contributed by atoms with E-state index >= 15 is 0 Å². The molecule has 1 atom stereocenters. The second-order valence-electron chi connectivity index (χ2n) is 7.49. The van der Waals surface area contributed by atoms with E-state index in [0.717, 1.165) is 38.8 Å². The fraction of sp³-hybridized carbons (Fsp3) is 0.292. The van der Waals surface area contributed by atoms with Crippen LogP contribution in [0.4, 0.5) is 0 Å². The van der Waals surface area contributed by atoms with Crippen LogP contribution in [-0.2, 0) is 0 Å². The van der Waals surface area contributed by atoms with Crippen LogP contribution in [0.5, 0.6) is 5.75 Å². The second-order valence-corrected chi connectivity index (χ2v) is 7.49. The number of aryl methyl sites for hydroxylation is 4. The van der Waals surface area contributed by atoms with Crippen LogP contribution in [0, 0.1) is 27.7 Å². The minimum atomic E-state index is -0.789. The molecule has 2 aromatic carbocycles. The van der Waals surface area contributed by atoms with Crippen LogP contribution in [0.25, 0.3) is 10.8 Å². The van der Waals surface area contributed by atoms with E-state index in [2.05, 4.69) is 37.5 Å². The minimum Gasteiger partial charge on any atom is -0.489 e. The van der Waals surface area contributed by atoms with Gasteiger partial charge in [0.25, 0.3) is 0 Å². The lowest BCUT2D eigenvalue weighted by molar-refractivity contribution is 0.216. The molecule has 0 aliphatic carbocycles. The molecule has 1 heterocycles. The van der Waals surface area contributed by atoms with Gasteiger partial charge in [-0.3, -0.25) is 4.98 Å². The molecule has 0 aliphatic heterocycles. The number of aromatic nitrogens is 1. The summed E-state index contributed by atoms with van der Waals surface area (Å²) in [6.45, 7) is 14.5. The molecule has 1 N–H and O–H groups in total. The van der Waals surface area contributed by atoms with E-state index in [0.29, 0.717) is 12.3 Å². The number of rotatable bonds is 5. The molecule has 0 radical (unpaired) electrons. The summed E-state index contributed by atoms with van der Waals surface area (Å²) in [5.74, 6) is 0.853. The van der Waals surface area contributed by atoms with Crippen LogP contribution in [-0.4, -0.2) is 16.7 Å². The van der Waals surface area contributed by atoms with E-state index < -0.39 is 6.10 Å². The topological polar surface area (TPSA) is 42.4 Å². The standard InChI is InChI=1S/C24H27NO2/c1-14(2)13-27-24-17(5)10-20(11-18(24)6)23(26)22-21-12-16(4)15(3)9-19(21)7-8-25-22/h7-12,23,26H,1,13H2,2-6H3. The van der Waals surface area contributed by atoms with Crippen molar-refractivity contribution in [3.8, 4) is 5.75 Å². The van der Waals surface area contributed by atoms with Crippen LogP contribution in [0.2, 0.25) is 0 Å². The van der Waals surface area contributed by atoms with E-state index in [1.165, 1.54) is 11.1 Å². The van der Waals surface area contributed by atoms with Gasteiger partial charge in [-0.1, -0.05) is 12.6 Å². The molecule has 0 bridgehead atoms. The molecule has 0 saturated carbocycles. The molecule has 0 spiro atoms. The maximum atomic E-state index is 11.1. The summed E-state index contributed by atoms with van der Waals surface area (Å²) < 4.78 is 5.87. The van der Waals surface area contributed by atoms with E-state index in [-0.39, 0.29) is 0 Å². The van der Waals surface area contributed by atoms with Crippen molar-refractivity contribution in [3.05, 3.63) is 82.2 Å². The van der Waals surface area contributed by atoms with E-state index in [9.17, 15) is 5.11 Å². The molecule has 0 saturated heterocycles. The first-order valence-electron chi connectivity index (χ1n) is 9.20. The number of hydrogen-bond donors (Lipinski definition) is 1. The molecule has 3 heteroatoms. The fourth-order valence-electron chi connectivity index (χ4n) is 3.41. The Bertz CT molecular complexity index is 997. The predicted molar refractivity (Wildman–Crippen MR) is 112 cm³/mol. The Balaban J connectivity index is 2.04. The van der Waals surface area contributed by atoms with E-state index in [1.807, 2.05) is 39.0 Å². The maximum absolute atomic E-state index is 11.1. The highest BCUT2D eigenvalue weighted by Gasteiger charge is 2.18. The second kappa shape index (κ2) is 7.53. The number of aliphatic hydroxyl groups is 1. The molecule has 0 aliphatic rings. The molecule has 3 rings (SSSR count). The SMILES string of the molecule is C=C(C)COc1c(C)cc(C(O)c2nccc3cc(C)c(C)cc23)cc1C. The molecule has 27 heavy (non-hydrogen) atoms. The van der Waals surface area contributed by atoms with Crippen molar-refractivity contribution in [2.24, 2.45) is 0 Å². The summed E-state index contributed by atoms with van der Waals surface area (Å²) >= 11 is 0. The summed E-state index contributed by atoms with van der Waals surface area (Å²) in [6, 6.07) is 10.2. The largest absolute Gasteiger partial charge is 0.489 e. The van der Waals surface area contributed by atoms with Crippen LogP contribution >= 0.6 is 0 Å². The third-order valence-corrected chi connectivity index (χ3v) is 4.93. The highest BCUT2D eigenvalue weighted by Crippen LogP contribution is 2.33. The van der Waals surface area contributed by atoms with Gasteiger partial charge in [-0.25, -0.2) is 0 Å². The van der Waals surface area contributed by atoms with Gasteiger partial charge in [0.2, 0.25) is 0 Å². The van der Waals surface area contributed by atoms with Gasteiger partial charge in [0.15, 0.2) is 0 Å². The number of hydrogen-bond acceptors (Lipinski definition) is 3. The van der Waals surface area contributed by atoms with Gasteiger partial charge in [0.1, 0.15) is 18.5 Å². The Morgan fingerprint density at radius 2 is 1.67 bits per heavy atom. The van der Waals surface area contributed by atoms with Crippen molar-refractivity contribution in [3.63, 3.8) is 0 Å². The van der Waals surface area contributed by atoms with E-state index in [1.54, 1.807) is 6.20 Å². The van der Waals surface area contributed by atoms with Crippen molar-refractivity contribution in [1.82, 2.24) is 4.98 Å². The molecule has 3 aromatic rings. The Labute approximate surface area is 161 Å². The highest BCUT2D eigenvalue weighted by molar-refractivity contribution is 5.86. The van der Waals surface area contributed by atoms with Crippen molar-refractivity contribution in [1.29, 1.82) is 0 Å². The molecular weight excluding hydrogens is 334 g/mol. The molecule has 140 valence electrons. The van der Waals surface area contributed by atoms with Gasteiger partial charge in [-0.15, -0.1) is 0 Å². The summed E-state index contributed by atoms with van der Waals surface area (Å²) in [5.41, 5.74) is 6.91. The monoisotopic (exact) mass is 361 g/mol. The Kier molecular flexibility index (Phi) is 5.33. The third kappa shape index (κ3) is 3.88. The number of aliphatic hydroxyl groups excluding tert-OH is 1. The number of fused-ring (bicyclic) bond motifs is 1. The Morgan fingerprint density at radius 1 is 1.04 bits per heavy atom. The molecule has 0 fully saturated rings. The number of nitrogens with zero attached hydrogens (tertiary/aromatic N) is 1. The molecule has 1 aromatic heterocycles. The van der Waals surface area contributed by atoms with Gasteiger partial charge < -0.3 is 9.84 Å². The van der Waals surface area contributed by atoms with Crippen LogP contribution < -0.4 is 4.74 Å². The van der Waals surface area contributed by atoms with Crippen LogP contribution in [0.15, 0.2) is 48.7 Å². The lowest BCUT2D eigenvalue weighted by Crippen LogP contribution is -2.07. The van der Waals surface area contributed by atoms with Crippen molar-refractivity contribution < 1.29 is 9.84 Å². The zero-order valence-electron chi connectivity index (χ0n) is 16.8. The zero-order chi connectivity index (χ0) is 19.7. The first kappa shape index (κ1) is 19.1. The van der Waals surface area contributed by atoms with Crippen molar-refractivity contribution in [2.75, 3.05) is 6.61 Å². The zero-order valence-corrected chi connectivity index (χ0v) is 16.8. The van der Waals surface area contributed by atoms with E-state index in [4.69, 9.17) is 4.74 Å². The Hall–Kier alpha value is -2.65. The van der Waals surface area contributed by atoms with Gasteiger partial charge >= 0.3 is 0 Å². The average Bonchev–Trinajstić information content (AvgIpc) is 2.60. The Morgan fingerprint density at radius 3 is 2.30 bits per heavy atom. The lowest BCUT2D eigenvalue weighted by atomic mass is 9.95. The molecule has 3 nitrogen and oxygen atoms in total. The van der Waals surface area contributed by atoms with Crippen molar-refractivity contribution >= 4 is 10.8 Å². The number of pyridine rings is 1. The minimum absolute atomic E-state index is 0.493. The van der Waals surface area contributed by atoms with Crippen LogP contribution in [0.3, 0.4) is 0 Å². The van der Waals surface area contributed by atoms with Gasteiger partial charge in [-0.2, -0.15) is 0 Å². The lowest BCUT2D eigenvalue weighted by Gasteiger charge is -2.18. The molecular formula is C24H27NO2.